The van der Waals surface area contributed by atoms with Crippen molar-refractivity contribution in [1.82, 2.24) is 0 Å². The molecular weight excluding hydrogens is 316 g/mol. The lowest BCUT2D eigenvalue weighted by atomic mass is 10.1. The van der Waals surface area contributed by atoms with Crippen LogP contribution >= 0.6 is 0 Å². The number of amides is 2. The van der Waals surface area contributed by atoms with E-state index in [0.29, 0.717) is 17.1 Å². The summed E-state index contributed by atoms with van der Waals surface area (Å²) in [6.45, 7) is 7.29. The van der Waals surface area contributed by atoms with Gasteiger partial charge in [0.1, 0.15) is 12.3 Å². The van der Waals surface area contributed by atoms with Crippen molar-refractivity contribution >= 4 is 23.2 Å². The van der Waals surface area contributed by atoms with E-state index in [4.69, 9.17) is 4.74 Å². The minimum Gasteiger partial charge on any atom is -0.495 e. The van der Waals surface area contributed by atoms with Gasteiger partial charge in [-0.15, -0.1) is 0 Å². The van der Waals surface area contributed by atoms with Gasteiger partial charge in [0, 0.05) is 12.6 Å². The Bertz CT molecular complexity index is 800. The molecule has 2 aromatic carbocycles. The lowest BCUT2D eigenvalue weighted by Crippen LogP contribution is -2.37. The SMILES string of the molecule is COc1ccc(C)cc1N(CC(=O)Nc1ccc(C)c(C)c1)C(C)=O. The average Bonchev–Trinajstić information content (AvgIpc) is 2.55. The van der Waals surface area contributed by atoms with Gasteiger partial charge in [0.05, 0.1) is 12.8 Å². The van der Waals surface area contributed by atoms with E-state index in [1.807, 2.05) is 51.1 Å². The topological polar surface area (TPSA) is 58.6 Å². The molecule has 2 amide bonds. The lowest BCUT2D eigenvalue weighted by molar-refractivity contribution is -0.120. The minimum atomic E-state index is -0.262. The van der Waals surface area contributed by atoms with Gasteiger partial charge in [-0.2, -0.15) is 0 Å². The standard InChI is InChI=1S/C20H24N2O3/c1-13-6-9-19(25-5)18(10-13)22(16(4)23)12-20(24)21-17-8-7-14(2)15(3)11-17/h6-11H,12H2,1-5H3,(H,21,24). The second-order valence-electron chi connectivity index (χ2n) is 6.13. The summed E-state index contributed by atoms with van der Waals surface area (Å²) < 4.78 is 5.33. The Morgan fingerprint density at radius 1 is 1.04 bits per heavy atom. The molecule has 0 spiro atoms. The molecule has 5 nitrogen and oxygen atoms in total. The highest BCUT2D eigenvalue weighted by Crippen LogP contribution is 2.29. The van der Waals surface area contributed by atoms with E-state index in [1.54, 1.807) is 13.2 Å². The summed E-state index contributed by atoms with van der Waals surface area (Å²) in [6.07, 6.45) is 0. The Kier molecular flexibility index (Phi) is 5.80. The summed E-state index contributed by atoms with van der Waals surface area (Å²) in [7, 11) is 1.54. The van der Waals surface area contributed by atoms with Crippen LogP contribution in [0.4, 0.5) is 11.4 Å². The third kappa shape index (κ3) is 4.59. The largest absolute Gasteiger partial charge is 0.495 e. The molecule has 0 unspecified atom stereocenters. The highest BCUT2D eigenvalue weighted by molar-refractivity contribution is 6.02. The number of hydrogen-bond acceptors (Lipinski definition) is 3. The van der Waals surface area contributed by atoms with Crippen LogP contribution in [0.2, 0.25) is 0 Å². The van der Waals surface area contributed by atoms with Gasteiger partial charge in [-0.3, -0.25) is 14.5 Å². The van der Waals surface area contributed by atoms with Crippen molar-refractivity contribution in [3.63, 3.8) is 0 Å². The zero-order valence-corrected chi connectivity index (χ0v) is 15.3. The molecule has 0 radical (unpaired) electrons. The van der Waals surface area contributed by atoms with Crippen molar-refractivity contribution in [3.8, 4) is 5.75 Å². The highest BCUT2D eigenvalue weighted by atomic mass is 16.5. The first-order valence-corrected chi connectivity index (χ1v) is 8.11. The molecule has 0 heterocycles. The van der Waals surface area contributed by atoms with Crippen molar-refractivity contribution in [3.05, 3.63) is 53.1 Å². The van der Waals surface area contributed by atoms with Crippen LogP contribution in [0.15, 0.2) is 36.4 Å². The minimum absolute atomic E-state index is 0.0813. The van der Waals surface area contributed by atoms with E-state index >= 15 is 0 Å². The fourth-order valence-electron chi connectivity index (χ4n) is 2.54. The molecule has 0 atom stereocenters. The van der Waals surface area contributed by atoms with Gasteiger partial charge < -0.3 is 10.1 Å². The summed E-state index contributed by atoms with van der Waals surface area (Å²) >= 11 is 0. The molecule has 132 valence electrons. The van der Waals surface area contributed by atoms with Crippen molar-refractivity contribution in [2.24, 2.45) is 0 Å². The highest BCUT2D eigenvalue weighted by Gasteiger charge is 2.19. The van der Waals surface area contributed by atoms with Crippen molar-refractivity contribution in [1.29, 1.82) is 0 Å². The number of carbonyl (C=O) groups is 2. The Hall–Kier alpha value is -2.82. The zero-order valence-electron chi connectivity index (χ0n) is 15.3. The first-order valence-electron chi connectivity index (χ1n) is 8.11. The van der Waals surface area contributed by atoms with Gasteiger partial charge in [0.15, 0.2) is 0 Å². The van der Waals surface area contributed by atoms with E-state index in [2.05, 4.69) is 5.32 Å². The van der Waals surface area contributed by atoms with Crippen LogP contribution in [0.25, 0.3) is 0 Å². The van der Waals surface area contributed by atoms with Crippen LogP contribution in [0.5, 0.6) is 5.75 Å². The summed E-state index contributed by atoms with van der Waals surface area (Å²) in [6, 6.07) is 11.3. The maximum atomic E-state index is 12.4. The number of anilines is 2. The molecule has 1 N–H and O–H groups in total. The molecule has 0 aliphatic rings. The van der Waals surface area contributed by atoms with Gasteiger partial charge in [-0.05, 0) is 61.7 Å². The molecule has 2 rings (SSSR count). The second-order valence-corrected chi connectivity index (χ2v) is 6.13. The quantitative estimate of drug-likeness (QED) is 0.904. The monoisotopic (exact) mass is 340 g/mol. The Labute approximate surface area is 148 Å². The van der Waals surface area contributed by atoms with E-state index in [9.17, 15) is 9.59 Å². The molecule has 2 aromatic rings. The predicted molar refractivity (Wildman–Crippen MR) is 100 cm³/mol. The number of nitrogens with zero attached hydrogens (tertiary/aromatic N) is 1. The lowest BCUT2D eigenvalue weighted by Gasteiger charge is -2.23. The zero-order chi connectivity index (χ0) is 18.6. The number of benzene rings is 2. The van der Waals surface area contributed by atoms with Crippen LogP contribution in [-0.2, 0) is 9.59 Å². The third-order valence-corrected chi connectivity index (χ3v) is 4.10. The predicted octanol–water partition coefficient (Wildman–Crippen LogP) is 3.61. The summed E-state index contributed by atoms with van der Waals surface area (Å²) in [5.41, 5.74) is 4.55. The van der Waals surface area contributed by atoms with Gasteiger partial charge in [0.2, 0.25) is 11.8 Å². The van der Waals surface area contributed by atoms with Crippen molar-refractivity contribution in [2.75, 3.05) is 23.9 Å². The number of aryl methyl sites for hydroxylation is 3. The number of hydrogen-bond donors (Lipinski definition) is 1. The van der Waals surface area contributed by atoms with Crippen LogP contribution in [0.1, 0.15) is 23.6 Å². The van der Waals surface area contributed by atoms with Crippen LogP contribution in [0.3, 0.4) is 0 Å². The van der Waals surface area contributed by atoms with Gasteiger partial charge in [-0.25, -0.2) is 0 Å². The van der Waals surface area contributed by atoms with Gasteiger partial charge in [0.25, 0.3) is 0 Å². The molecule has 0 aliphatic carbocycles. The van der Waals surface area contributed by atoms with Crippen LogP contribution in [0, 0.1) is 20.8 Å². The second kappa shape index (κ2) is 7.83. The summed E-state index contributed by atoms with van der Waals surface area (Å²) in [5.74, 6) is 0.0703. The van der Waals surface area contributed by atoms with Gasteiger partial charge >= 0.3 is 0 Å². The molecular formula is C20H24N2O3. The first kappa shape index (κ1) is 18.5. The van der Waals surface area contributed by atoms with Crippen molar-refractivity contribution in [2.45, 2.75) is 27.7 Å². The molecule has 0 saturated carbocycles. The number of ether oxygens (including phenoxy) is 1. The number of nitrogens with one attached hydrogen (secondary N) is 1. The Balaban J connectivity index is 2.21. The molecule has 0 bridgehead atoms. The van der Waals surface area contributed by atoms with Gasteiger partial charge in [-0.1, -0.05) is 12.1 Å². The normalized spacial score (nSPS) is 10.3. The molecule has 0 aliphatic heterocycles. The average molecular weight is 340 g/mol. The Morgan fingerprint density at radius 2 is 1.76 bits per heavy atom. The van der Waals surface area contributed by atoms with E-state index in [0.717, 1.165) is 16.7 Å². The number of carbonyl (C=O) groups excluding carboxylic acids is 2. The molecule has 25 heavy (non-hydrogen) atoms. The fraction of sp³-hybridized carbons (Fsp3) is 0.300. The summed E-state index contributed by atoms with van der Waals surface area (Å²) in [5, 5.41) is 2.84. The fourth-order valence-corrected chi connectivity index (χ4v) is 2.54. The maximum Gasteiger partial charge on any atom is 0.244 e. The third-order valence-electron chi connectivity index (χ3n) is 4.10. The van der Waals surface area contributed by atoms with E-state index in [1.165, 1.54) is 11.8 Å². The maximum absolute atomic E-state index is 12.4. The smallest absolute Gasteiger partial charge is 0.244 e. The molecule has 0 fully saturated rings. The first-order chi connectivity index (χ1) is 11.8. The summed E-state index contributed by atoms with van der Waals surface area (Å²) in [4.78, 5) is 26.0. The Morgan fingerprint density at radius 3 is 2.36 bits per heavy atom. The molecule has 5 heteroatoms. The number of methoxy groups -OCH3 is 1. The van der Waals surface area contributed by atoms with Crippen molar-refractivity contribution < 1.29 is 14.3 Å². The molecule has 0 saturated heterocycles. The number of rotatable bonds is 5. The van der Waals surface area contributed by atoms with Crippen LogP contribution in [-0.4, -0.2) is 25.5 Å². The van der Waals surface area contributed by atoms with E-state index < -0.39 is 0 Å². The van der Waals surface area contributed by atoms with Crippen LogP contribution < -0.4 is 15.0 Å². The molecule has 0 aromatic heterocycles. The van der Waals surface area contributed by atoms with E-state index in [-0.39, 0.29) is 18.4 Å².